The van der Waals surface area contributed by atoms with Crippen molar-refractivity contribution in [2.75, 3.05) is 0 Å². The molecule has 5 N–H and O–H groups in total. The zero-order valence-corrected chi connectivity index (χ0v) is 7.54. The highest BCUT2D eigenvalue weighted by Gasteiger charge is 2.04. The molecule has 78 valence electrons. The summed E-state index contributed by atoms with van der Waals surface area (Å²) in [6.07, 6.45) is 5.06. The van der Waals surface area contributed by atoms with Crippen LogP contribution in [0.25, 0.3) is 0 Å². The minimum Gasteiger partial charge on any atom is -0.473 e. The SMILES string of the molecule is Cc1cnccn1.N.O=C(O)C(=O)O. The van der Waals surface area contributed by atoms with Crippen LogP contribution in [0.5, 0.6) is 0 Å². The first kappa shape index (κ1) is 14.5. The largest absolute Gasteiger partial charge is 0.473 e. The summed E-state index contributed by atoms with van der Waals surface area (Å²) < 4.78 is 0. The lowest BCUT2D eigenvalue weighted by Crippen LogP contribution is -2.09. The second-order valence-electron chi connectivity index (χ2n) is 1.96. The normalized spacial score (nSPS) is 7.50. The van der Waals surface area contributed by atoms with Gasteiger partial charge in [-0.3, -0.25) is 9.97 Å². The van der Waals surface area contributed by atoms with Gasteiger partial charge in [0.2, 0.25) is 0 Å². The Labute approximate surface area is 80.0 Å². The molecule has 0 spiro atoms. The van der Waals surface area contributed by atoms with Gasteiger partial charge < -0.3 is 16.4 Å². The predicted molar refractivity (Wildman–Crippen MR) is 47.1 cm³/mol. The molecule has 0 aliphatic rings. The lowest BCUT2D eigenvalue weighted by atomic mass is 10.5. The van der Waals surface area contributed by atoms with Gasteiger partial charge in [0.15, 0.2) is 0 Å². The first-order valence-corrected chi connectivity index (χ1v) is 3.23. The fourth-order valence-electron chi connectivity index (χ4n) is 0.374. The third-order valence-electron chi connectivity index (χ3n) is 0.875. The Morgan fingerprint density at radius 2 is 1.71 bits per heavy atom. The predicted octanol–water partition coefficient (Wildman–Crippen LogP) is 0.103. The molecule has 7 nitrogen and oxygen atoms in total. The Morgan fingerprint density at radius 1 is 1.21 bits per heavy atom. The van der Waals surface area contributed by atoms with Crippen molar-refractivity contribution in [2.45, 2.75) is 6.92 Å². The maximum Gasteiger partial charge on any atom is 0.414 e. The molecule has 0 aliphatic carbocycles. The fourth-order valence-corrected chi connectivity index (χ4v) is 0.374. The van der Waals surface area contributed by atoms with Crippen LogP contribution in [0.1, 0.15) is 5.69 Å². The van der Waals surface area contributed by atoms with Gasteiger partial charge in [0, 0.05) is 18.6 Å². The van der Waals surface area contributed by atoms with Crippen LogP contribution in [0.2, 0.25) is 0 Å². The number of nitrogens with zero attached hydrogens (tertiary/aromatic N) is 2. The van der Waals surface area contributed by atoms with Crippen molar-refractivity contribution in [3.05, 3.63) is 24.3 Å². The molecule has 1 aromatic heterocycles. The molecule has 0 fully saturated rings. The molecule has 0 atom stereocenters. The highest BCUT2D eigenvalue weighted by molar-refractivity contribution is 6.27. The summed E-state index contributed by atoms with van der Waals surface area (Å²) in [5.41, 5.74) is 0.961. The van der Waals surface area contributed by atoms with Crippen molar-refractivity contribution >= 4 is 11.9 Å². The molecule has 0 unspecified atom stereocenters. The number of aliphatic carboxylic acids is 2. The number of rotatable bonds is 0. The van der Waals surface area contributed by atoms with Crippen molar-refractivity contribution in [2.24, 2.45) is 0 Å². The molecule has 0 amide bonds. The zero-order valence-electron chi connectivity index (χ0n) is 7.54. The molecular formula is C7H11N3O4. The van der Waals surface area contributed by atoms with Crippen LogP contribution in [0.15, 0.2) is 18.6 Å². The van der Waals surface area contributed by atoms with Crippen LogP contribution >= 0.6 is 0 Å². The van der Waals surface area contributed by atoms with E-state index in [1.54, 1.807) is 18.6 Å². The van der Waals surface area contributed by atoms with Crippen LogP contribution in [-0.2, 0) is 9.59 Å². The van der Waals surface area contributed by atoms with Crippen molar-refractivity contribution in [1.29, 1.82) is 0 Å². The van der Waals surface area contributed by atoms with E-state index in [2.05, 4.69) is 9.97 Å². The molecule has 0 saturated carbocycles. The van der Waals surface area contributed by atoms with Gasteiger partial charge in [-0.25, -0.2) is 9.59 Å². The number of hydrogen-bond acceptors (Lipinski definition) is 5. The smallest absolute Gasteiger partial charge is 0.414 e. The molecule has 14 heavy (non-hydrogen) atoms. The molecule has 1 heterocycles. The van der Waals surface area contributed by atoms with Crippen molar-refractivity contribution in [3.63, 3.8) is 0 Å². The topological polar surface area (TPSA) is 135 Å². The van der Waals surface area contributed by atoms with Crippen LogP contribution < -0.4 is 6.15 Å². The molecule has 0 saturated heterocycles. The summed E-state index contributed by atoms with van der Waals surface area (Å²) in [4.78, 5) is 25.9. The fraction of sp³-hybridized carbons (Fsp3) is 0.143. The van der Waals surface area contributed by atoms with Gasteiger partial charge in [-0.15, -0.1) is 0 Å². The summed E-state index contributed by atoms with van der Waals surface area (Å²) in [6.45, 7) is 1.91. The maximum atomic E-state index is 9.10. The minimum atomic E-state index is -1.82. The number of aryl methyl sites for hydroxylation is 1. The molecule has 0 bridgehead atoms. The lowest BCUT2D eigenvalue weighted by molar-refractivity contribution is -0.159. The van der Waals surface area contributed by atoms with E-state index < -0.39 is 11.9 Å². The van der Waals surface area contributed by atoms with Crippen molar-refractivity contribution in [3.8, 4) is 0 Å². The molecule has 1 rings (SSSR count). The summed E-state index contributed by atoms with van der Waals surface area (Å²) in [5.74, 6) is -3.65. The Bertz CT molecular complexity index is 276. The van der Waals surface area contributed by atoms with E-state index in [1.807, 2.05) is 6.92 Å². The average Bonchev–Trinajstić information content (AvgIpc) is 2.06. The first-order valence-electron chi connectivity index (χ1n) is 3.23. The molecule has 0 aliphatic heterocycles. The second-order valence-corrected chi connectivity index (χ2v) is 1.96. The van der Waals surface area contributed by atoms with Gasteiger partial charge in [0.05, 0.1) is 5.69 Å². The monoisotopic (exact) mass is 201 g/mol. The molecule has 1 aromatic rings. The number of carbonyl (C=O) groups is 2. The van der Waals surface area contributed by atoms with Crippen molar-refractivity contribution < 1.29 is 19.8 Å². The Kier molecular flexibility index (Phi) is 7.89. The molecule has 0 aromatic carbocycles. The highest BCUT2D eigenvalue weighted by Crippen LogP contribution is 1.81. The highest BCUT2D eigenvalue weighted by atomic mass is 16.4. The first-order chi connectivity index (χ1) is 6.04. The Balaban J connectivity index is 0. The Hall–Kier alpha value is -2.02. The van der Waals surface area contributed by atoms with Gasteiger partial charge >= 0.3 is 11.9 Å². The van der Waals surface area contributed by atoms with E-state index in [0.29, 0.717) is 0 Å². The summed E-state index contributed by atoms with van der Waals surface area (Å²) in [6, 6.07) is 0. The van der Waals surface area contributed by atoms with E-state index in [1.165, 1.54) is 0 Å². The zero-order chi connectivity index (χ0) is 10.3. The van der Waals surface area contributed by atoms with Gasteiger partial charge in [0.25, 0.3) is 0 Å². The van der Waals surface area contributed by atoms with Crippen molar-refractivity contribution in [1.82, 2.24) is 16.1 Å². The standard InChI is InChI=1S/C5H6N2.C2H2O4.H3N/c1-5-4-6-2-3-7-5;3-1(4)2(5)6;/h2-4H,1H3;(H,3,4)(H,5,6);1H3. The van der Waals surface area contributed by atoms with Crippen LogP contribution in [0, 0.1) is 6.92 Å². The third kappa shape index (κ3) is 8.08. The summed E-state index contributed by atoms with van der Waals surface area (Å²) in [7, 11) is 0. The van der Waals surface area contributed by atoms with Crippen LogP contribution in [0.4, 0.5) is 0 Å². The second kappa shape index (κ2) is 7.62. The van der Waals surface area contributed by atoms with Gasteiger partial charge in [-0.05, 0) is 6.92 Å². The molecule has 0 radical (unpaired) electrons. The van der Waals surface area contributed by atoms with Crippen LogP contribution in [-0.4, -0.2) is 32.1 Å². The molecule has 7 heteroatoms. The van der Waals surface area contributed by atoms with E-state index in [0.717, 1.165) is 5.69 Å². The maximum absolute atomic E-state index is 9.10. The Morgan fingerprint density at radius 3 is 1.86 bits per heavy atom. The van der Waals surface area contributed by atoms with E-state index in [9.17, 15) is 0 Å². The third-order valence-corrected chi connectivity index (χ3v) is 0.875. The quantitative estimate of drug-likeness (QED) is 0.506. The van der Waals surface area contributed by atoms with E-state index >= 15 is 0 Å². The summed E-state index contributed by atoms with van der Waals surface area (Å²) >= 11 is 0. The number of aromatic nitrogens is 2. The molecular weight excluding hydrogens is 190 g/mol. The van der Waals surface area contributed by atoms with E-state index in [4.69, 9.17) is 19.8 Å². The van der Waals surface area contributed by atoms with Gasteiger partial charge in [-0.1, -0.05) is 0 Å². The van der Waals surface area contributed by atoms with Gasteiger partial charge in [-0.2, -0.15) is 0 Å². The number of hydrogen-bond donors (Lipinski definition) is 3. The van der Waals surface area contributed by atoms with Gasteiger partial charge in [0.1, 0.15) is 0 Å². The van der Waals surface area contributed by atoms with E-state index in [-0.39, 0.29) is 6.15 Å². The number of carboxylic acids is 2. The van der Waals surface area contributed by atoms with Crippen LogP contribution in [0.3, 0.4) is 0 Å². The summed E-state index contributed by atoms with van der Waals surface area (Å²) in [5, 5.41) is 14.8. The minimum absolute atomic E-state index is 0. The number of carboxylic acid groups (broad SMARTS) is 2. The lowest BCUT2D eigenvalue weighted by Gasteiger charge is -1.81. The average molecular weight is 201 g/mol.